The fourth-order valence-corrected chi connectivity index (χ4v) is 2.11. The Morgan fingerprint density at radius 1 is 1.08 bits per heavy atom. The van der Waals surface area contributed by atoms with E-state index in [-0.39, 0.29) is 18.1 Å². The van der Waals surface area contributed by atoms with Crippen LogP contribution in [0.2, 0.25) is 0 Å². The van der Waals surface area contributed by atoms with Crippen LogP contribution in [-0.4, -0.2) is 29.1 Å². The van der Waals surface area contributed by atoms with Crippen molar-refractivity contribution in [3.05, 3.63) is 60.2 Å². The van der Waals surface area contributed by atoms with Crippen LogP contribution in [0.5, 0.6) is 11.5 Å². The van der Waals surface area contributed by atoms with Crippen molar-refractivity contribution in [1.82, 2.24) is 0 Å². The summed E-state index contributed by atoms with van der Waals surface area (Å²) in [5.41, 5.74) is 2.34. The topological polar surface area (TPSA) is 76.0 Å². The molecule has 0 amide bonds. The second kappa shape index (κ2) is 8.29. The molecule has 2 N–H and O–H groups in total. The molecule has 0 aliphatic heterocycles. The average molecular weight is 328 g/mol. The third-order valence-corrected chi connectivity index (χ3v) is 3.06. The number of hydrogen-bond donors (Lipinski definition) is 2. The van der Waals surface area contributed by atoms with Gasteiger partial charge < -0.3 is 19.7 Å². The molecular formula is C19H20O5. The number of rotatable bonds is 6. The van der Waals surface area contributed by atoms with E-state index < -0.39 is 12.3 Å². The Kier molecular flexibility index (Phi) is 6.12. The monoisotopic (exact) mass is 328 g/mol. The third-order valence-electron chi connectivity index (χ3n) is 3.06. The van der Waals surface area contributed by atoms with E-state index >= 15 is 0 Å². The standard InChI is InChI=1S/C19H20O5/c1-13(2)11-18(22)24-19-15(14-7-4-3-5-8-14)9-6-10-16(19)23-12-17(20)21/h3-11,17,20-21H,12H2,1-2H3. The minimum absolute atomic E-state index is 0.242. The first kappa shape index (κ1) is 17.7. The van der Waals surface area contributed by atoms with E-state index in [4.69, 9.17) is 19.7 Å². The van der Waals surface area contributed by atoms with Crippen LogP contribution in [0.25, 0.3) is 11.1 Å². The van der Waals surface area contributed by atoms with Crippen molar-refractivity contribution in [3.63, 3.8) is 0 Å². The van der Waals surface area contributed by atoms with E-state index in [0.717, 1.165) is 11.1 Å². The number of aliphatic hydroxyl groups is 2. The Labute approximate surface area is 140 Å². The summed E-state index contributed by atoms with van der Waals surface area (Å²) >= 11 is 0. The molecule has 0 radical (unpaired) electrons. The molecule has 0 spiro atoms. The zero-order valence-electron chi connectivity index (χ0n) is 13.6. The van der Waals surface area contributed by atoms with Gasteiger partial charge in [0.25, 0.3) is 0 Å². The van der Waals surface area contributed by atoms with Crippen LogP contribution in [0, 0.1) is 0 Å². The molecule has 0 aliphatic carbocycles. The molecule has 0 saturated carbocycles. The second-order valence-corrected chi connectivity index (χ2v) is 5.43. The number of aliphatic hydroxyl groups excluding tert-OH is 1. The zero-order chi connectivity index (χ0) is 17.5. The van der Waals surface area contributed by atoms with Crippen LogP contribution in [-0.2, 0) is 4.79 Å². The maximum absolute atomic E-state index is 12.0. The average Bonchev–Trinajstić information content (AvgIpc) is 2.53. The molecule has 2 aromatic rings. The molecule has 5 nitrogen and oxygen atoms in total. The predicted molar refractivity (Wildman–Crippen MR) is 90.7 cm³/mol. The number of carbonyl (C=O) groups excluding carboxylic acids is 1. The molecule has 5 heteroatoms. The van der Waals surface area contributed by atoms with Crippen LogP contribution in [0.3, 0.4) is 0 Å². The Bertz CT molecular complexity index is 716. The maximum Gasteiger partial charge on any atom is 0.336 e. The predicted octanol–water partition coefficient (Wildman–Crippen LogP) is 2.91. The van der Waals surface area contributed by atoms with Gasteiger partial charge in [0.1, 0.15) is 6.61 Å². The molecule has 0 unspecified atom stereocenters. The summed E-state index contributed by atoms with van der Waals surface area (Å²) < 4.78 is 10.8. The Hall–Kier alpha value is -2.63. The minimum atomic E-state index is -1.62. The fraction of sp³-hybridized carbons (Fsp3) is 0.211. The van der Waals surface area contributed by atoms with Gasteiger partial charge in [0, 0.05) is 11.6 Å². The van der Waals surface area contributed by atoms with E-state index in [2.05, 4.69) is 0 Å². The van der Waals surface area contributed by atoms with Crippen molar-refractivity contribution < 1.29 is 24.5 Å². The number of esters is 1. The summed E-state index contributed by atoms with van der Waals surface area (Å²) in [6, 6.07) is 14.6. The largest absolute Gasteiger partial charge is 0.484 e. The van der Waals surface area contributed by atoms with Crippen LogP contribution in [0.15, 0.2) is 60.2 Å². The molecular weight excluding hydrogens is 308 g/mol. The van der Waals surface area contributed by atoms with Gasteiger partial charge in [0.15, 0.2) is 17.8 Å². The highest BCUT2D eigenvalue weighted by atomic mass is 16.6. The van der Waals surface area contributed by atoms with Crippen molar-refractivity contribution in [1.29, 1.82) is 0 Å². The van der Waals surface area contributed by atoms with Crippen molar-refractivity contribution in [2.24, 2.45) is 0 Å². The van der Waals surface area contributed by atoms with Gasteiger partial charge in [-0.2, -0.15) is 0 Å². The Morgan fingerprint density at radius 2 is 1.79 bits per heavy atom. The van der Waals surface area contributed by atoms with Crippen LogP contribution in [0.1, 0.15) is 13.8 Å². The van der Waals surface area contributed by atoms with E-state index in [0.29, 0.717) is 5.56 Å². The lowest BCUT2D eigenvalue weighted by Gasteiger charge is -2.15. The summed E-state index contributed by atoms with van der Waals surface area (Å²) in [6.45, 7) is 3.26. The quantitative estimate of drug-likeness (QED) is 0.369. The van der Waals surface area contributed by atoms with E-state index in [1.807, 2.05) is 36.4 Å². The lowest BCUT2D eigenvalue weighted by molar-refractivity contribution is -0.129. The SMILES string of the molecule is CC(C)=CC(=O)Oc1c(OCC(O)O)cccc1-c1ccccc1. The van der Waals surface area contributed by atoms with Crippen molar-refractivity contribution in [2.75, 3.05) is 6.61 Å². The summed E-state index contributed by atoms with van der Waals surface area (Å²) in [5.74, 6) is -0.0143. The number of carbonyl (C=O) groups is 1. The van der Waals surface area contributed by atoms with E-state index in [9.17, 15) is 4.79 Å². The number of para-hydroxylation sites is 1. The van der Waals surface area contributed by atoms with Gasteiger partial charge in [0.2, 0.25) is 0 Å². The Balaban J connectivity index is 2.44. The molecule has 2 aromatic carbocycles. The molecule has 0 aliphatic rings. The second-order valence-electron chi connectivity index (χ2n) is 5.43. The molecule has 0 heterocycles. The summed E-state index contributed by atoms with van der Waals surface area (Å²) in [7, 11) is 0. The molecule has 24 heavy (non-hydrogen) atoms. The van der Waals surface area contributed by atoms with Gasteiger partial charge in [-0.1, -0.05) is 48.0 Å². The van der Waals surface area contributed by atoms with Crippen molar-refractivity contribution in [3.8, 4) is 22.6 Å². The summed E-state index contributed by atoms with van der Waals surface area (Å²) in [4.78, 5) is 12.0. The first-order valence-corrected chi connectivity index (χ1v) is 7.51. The number of benzene rings is 2. The number of hydrogen-bond acceptors (Lipinski definition) is 5. The molecule has 0 atom stereocenters. The highest BCUT2D eigenvalue weighted by molar-refractivity contribution is 5.87. The third kappa shape index (κ3) is 4.94. The van der Waals surface area contributed by atoms with Gasteiger partial charge in [-0.25, -0.2) is 4.79 Å². The number of allylic oxidation sites excluding steroid dienone is 1. The summed E-state index contributed by atoms with van der Waals surface area (Å²) in [5, 5.41) is 18.0. The minimum Gasteiger partial charge on any atom is -0.484 e. The van der Waals surface area contributed by atoms with E-state index in [1.165, 1.54) is 6.08 Å². The first-order chi connectivity index (χ1) is 11.5. The molecule has 0 bridgehead atoms. The van der Waals surface area contributed by atoms with Crippen LogP contribution >= 0.6 is 0 Å². The normalized spacial score (nSPS) is 10.4. The molecule has 0 aromatic heterocycles. The maximum atomic E-state index is 12.0. The molecule has 126 valence electrons. The van der Waals surface area contributed by atoms with Crippen molar-refractivity contribution >= 4 is 5.97 Å². The van der Waals surface area contributed by atoms with Gasteiger partial charge in [-0.15, -0.1) is 0 Å². The smallest absolute Gasteiger partial charge is 0.336 e. The van der Waals surface area contributed by atoms with Gasteiger partial charge in [-0.05, 0) is 25.5 Å². The zero-order valence-corrected chi connectivity index (χ0v) is 13.6. The molecule has 2 rings (SSSR count). The van der Waals surface area contributed by atoms with Gasteiger partial charge >= 0.3 is 5.97 Å². The fourth-order valence-electron chi connectivity index (χ4n) is 2.11. The van der Waals surface area contributed by atoms with E-state index in [1.54, 1.807) is 26.0 Å². The van der Waals surface area contributed by atoms with Gasteiger partial charge in [-0.3, -0.25) is 0 Å². The lowest BCUT2D eigenvalue weighted by atomic mass is 10.0. The highest BCUT2D eigenvalue weighted by Gasteiger charge is 2.16. The first-order valence-electron chi connectivity index (χ1n) is 7.51. The Morgan fingerprint density at radius 3 is 2.42 bits per heavy atom. The van der Waals surface area contributed by atoms with Crippen LogP contribution in [0.4, 0.5) is 0 Å². The van der Waals surface area contributed by atoms with Gasteiger partial charge in [0.05, 0.1) is 0 Å². The molecule has 0 saturated heterocycles. The van der Waals surface area contributed by atoms with Crippen molar-refractivity contribution in [2.45, 2.75) is 20.1 Å². The molecule has 0 fully saturated rings. The highest BCUT2D eigenvalue weighted by Crippen LogP contribution is 2.38. The van der Waals surface area contributed by atoms with Crippen LogP contribution < -0.4 is 9.47 Å². The lowest BCUT2D eigenvalue weighted by Crippen LogP contribution is -2.17. The summed E-state index contributed by atoms with van der Waals surface area (Å²) in [6.07, 6.45) is -0.237. The number of ether oxygens (including phenoxy) is 2.